The van der Waals surface area contributed by atoms with Gasteiger partial charge in [-0.05, 0) is 81.9 Å². The van der Waals surface area contributed by atoms with Crippen molar-refractivity contribution in [3.63, 3.8) is 0 Å². The van der Waals surface area contributed by atoms with Crippen molar-refractivity contribution >= 4 is 63.0 Å². The van der Waals surface area contributed by atoms with Crippen molar-refractivity contribution in [1.29, 1.82) is 5.26 Å². The van der Waals surface area contributed by atoms with E-state index in [1.54, 1.807) is 0 Å². The average Bonchev–Trinajstić information content (AvgIpc) is 3.58. The van der Waals surface area contributed by atoms with E-state index in [1.165, 1.54) is 40.3 Å². The van der Waals surface area contributed by atoms with E-state index in [4.69, 9.17) is 0 Å². The molecule has 0 aliphatic carbocycles. The Balaban J connectivity index is 1.46. The minimum absolute atomic E-state index is 0.662. The Bertz CT molecular complexity index is 2280. The molecule has 186 valence electrons. The van der Waals surface area contributed by atoms with E-state index in [1.807, 2.05) is 34.8 Å². The van der Waals surface area contributed by atoms with E-state index in [2.05, 4.69) is 121 Å². The summed E-state index contributed by atoms with van der Waals surface area (Å²) in [4.78, 5) is 0. The molecule has 1 nitrogen and oxygen atoms in total. The fraction of sp³-hybridized carbons (Fsp3) is 0. The molecule has 2 aromatic heterocycles. The quantitative estimate of drug-likeness (QED) is 0.217. The van der Waals surface area contributed by atoms with Crippen LogP contribution < -0.4 is 0 Å². The van der Waals surface area contributed by atoms with Crippen LogP contribution in [0.4, 0.5) is 0 Å². The normalized spacial score (nSPS) is 11.5. The number of nitrogens with zero attached hydrogens (tertiary/aromatic N) is 1. The Hall–Kier alpha value is -4.75. The number of benzene rings is 6. The lowest BCUT2D eigenvalue weighted by molar-refractivity contribution is 1.48. The Morgan fingerprint density at radius 1 is 0.425 bits per heavy atom. The lowest BCUT2D eigenvalue weighted by atomic mass is 9.85. The highest BCUT2D eigenvalue weighted by molar-refractivity contribution is 7.26. The van der Waals surface area contributed by atoms with Gasteiger partial charge in [0, 0.05) is 40.3 Å². The lowest BCUT2D eigenvalue weighted by Crippen LogP contribution is -1.93. The molecular formula is C37H21NS2. The predicted molar refractivity (Wildman–Crippen MR) is 173 cm³/mol. The van der Waals surface area contributed by atoms with E-state index in [9.17, 15) is 5.26 Å². The van der Waals surface area contributed by atoms with Gasteiger partial charge >= 0.3 is 0 Å². The SMILES string of the molecule is N#Cc1cc(-c2ccccc2)c(-c2ccc3sc4ccccc4c3c2)c(-c2ccc3sc4ccccc4c3c2)c1. The lowest BCUT2D eigenvalue weighted by Gasteiger charge is -2.18. The molecule has 0 spiro atoms. The maximum Gasteiger partial charge on any atom is 0.0992 e. The molecule has 8 aromatic rings. The summed E-state index contributed by atoms with van der Waals surface area (Å²) in [5, 5.41) is 15.2. The van der Waals surface area contributed by atoms with Crippen LogP contribution in [0.5, 0.6) is 0 Å². The van der Waals surface area contributed by atoms with Crippen molar-refractivity contribution in [3.05, 3.63) is 133 Å². The highest BCUT2D eigenvalue weighted by atomic mass is 32.1. The molecule has 0 N–H and O–H groups in total. The van der Waals surface area contributed by atoms with E-state index in [0.29, 0.717) is 5.56 Å². The first-order chi connectivity index (χ1) is 19.8. The van der Waals surface area contributed by atoms with Crippen LogP contribution >= 0.6 is 22.7 Å². The second kappa shape index (κ2) is 9.17. The van der Waals surface area contributed by atoms with E-state index < -0.39 is 0 Å². The third-order valence-corrected chi connectivity index (χ3v) is 10.0. The summed E-state index contributed by atoms with van der Waals surface area (Å²) in [5.41, 5.74) is 7.35. The molecule has 0 saturated heterocycles. The third-order valence-electron chi connectivity index (χ3n) is 7.71. The topological polar surface area (TPSA) is 23.8 Å². The van der Waals surface area contributed by atoms with Crippen molar-refractivity contribution in [3.8, 4) is 39.4 Å². The summed E-state index contributed by atoms with van der Waals surface area (Å²) < 4.78 is 5.15. The molecule has 0 saturated carbocycles. The highest BCUT2D eigenvalue weighted by Crippen LogP contribution is 2.45. The van der Waals surface area contributed by atoms with Crippen LogP contribution in [0.2, 0.25) is 0 Å². The van der Waals surface area contributed by atoms with Gasteiger partial charge < -0.3 is 0 Å². The van der Waals surface area contributed by atoms with E-state index in [0.717, 1.165) is 33.4 Å². The average molecular weight is 544 g/mol. The highest BCUT2D eigenvalue weighted by Gasteiger charge is 2.18. The molecule has 0 bridgehead atoms. The largest absolute Gasteiger partial charge is 0.192 e. The summed E-state index contributed by atoms with van der Waals surface area (Å²) in [7, 11) is 0. The van der Waals surface area contributed by atoms with Gasteiger partial charge in [-0.2, -0.15) is 5.26 Å². The number of fused-ring (bicyclic) bond motifs is 6. The zero-order chi connectivity index (χ0) is 26.6. The summed E-state index contributed by atoms with van der Waals surface area (Å²) in [5.74, 6) is 0. The number of nitriles is 1. The number of hydrogen-bond acceptors (Lipinski definition) is 3. The maximum atomic E-state index is 10.1. The molecule has 0 aliphatic rings. The van der Waals surface area contributed by atoms with Crippen molar-refractivity contribution in [2.75, 3.05) is 0 Å². The molecule has 6 aromatic carbocycles. The monoisotopic (exact) mass is 543 g/mol. The molecule has 8 rings (SSSR count). The van der Waals surface area contributed by atoms with Gasteiger partial charge in [0.15, 0.2) is 0 Å². The minimum atomic E-state index is 0.662. The Labute approximate surface area is 239 Å². The van der Waals surface area contributed by atoms with Crippen molar-refractivity contribution in [1.82, 2.24) is 0 Å². The van der Waals surface area contributed by atoms with Crippen LogP contribution in [-0.2, 0) is 0 Å². The van der Waals surface area contributed by atoms with Crippen LogP contribution in [0.3, 0.4) is 0 Å². The summed E-state index contributed by atoms with van der Waals surface area (Å²) in [6, 6.07) is 47.8. The summed E-state index contributed by atoms with van der Waals surface area (Å²) >= 11 is 3.66. The fourth-order valence-electron chi connectivity index (χ4n) is 5.87. The minimum Gasteiger partial charge on any atom is -0.192 e. The Kier molecular flexibility index (Phi) is 5.31. The van der Waals surface area contributed by atoms with Crippen LogP contribution in [0.1, 0.15) is 5.56 Å². The predicted octanol–water partition coefficient (Wildman–Crippen LogP) is 11.3. The van der Waals surface area contributed by atoms with Gasteiger partial charge in [0.05, 0.1) is 11.6 Å². The van der Waals surface area contributed by atoms with Crippen molar-refractivity contribution in [2.24, 2.45) is 0 Å². The zero-order valence-corrected chi connectivity index (χ0v) is 23.0. The molecule has 2 heterocycles. The smallest absolute Gasteiger partial charge is 0.0992 e. The summed E-state index contributed by atoms with van der Waals surface area (Å²) in [6.07, 6.45) is 0. The number of thiophene rings is 2. The van der Waals surface area contributed by atoms with Gasteiger partial charge in [-0.15, -0.1) is 22.7 Å². The summed E-state index contributed by atoms with van der Waals surface area (Å²) in [6.45, 7) is 0. The van der Waals surface area contributed by atoms with E-state index in [-0.39, 0.29) is 0 Å². The molecular weight excluding hydrogens is 523 g/mol. The molecule has 0 unspecified atom stereocenters. The van der Waals surface area contributed by atoms with E-state index >= 15 is 0 Å². The van der Waals surface area contributed by atoms with Crippen LogP contribution in [0.25, 0.3) is 73.7 Å². The number of rotatable bonds is 3. The second-order valence-electron chi connectivity index (χ2n) is 10.0. The zero-order valence-electron chi connectivity index (χ0n) is 21.4. The third kappa shape index (κ3) is 3.66. The second-order valence-corrected chi connectivity index (χ2v) is 12.2. The van der Waals surface area contributed by atoms with Gasteiger partial charge in [0.2, 0.25) is 0 Å². The number of hydrogen-bond donors (Lipinski definition) is 0. The van der Waals surface area contributed by atoms with Crippen LogP contribution in [-0.4, -0.2) is 0 Å². The first kappa shape index (κ1) is 23.2. The fourth-order valence-corrected chi connectivity index (χ4v) is 8.04. The van der Waals surface area contributed by atoms with Crippen LogP contribution in [0.15, 0.2) is 127 Å². The molecule has 0 aliphatic heterocycles. The van der Waals surface area contributed by atoms with Gasteiger partial charge in [-0.1, -0.05) is 78.9 Å². The molecule has 40 heavy (non-hydrogen) atoms. The van der Waals surface area contributed by atoms with Gasteiger partial charge in [0.25, 0.3) is 0 Å². The standard InChI is InChI=1S/C37H21NS2/c38-22-23-18-29(24-8-2-1-3-9-24)37(26-15-17-36-32(21-26)28-11-5-7-13-34(28)40-36)30(19-23)25-14-16-35-31(20-25)27-10-4-6-12-33(27)39-35/h1-21H. The molecule has 0 atom stereocenters. The van der Waals surface area contributed by atoms with Crippen molar-refractivity contribution in [2.45, 2.75) is 0 Å². The molecule has 3 heteroatoms. The maximum absolute atomic E-state index is 10.1. The van der Waals surface area contributed by atoms with Crippen molar-refractivity contribution < 1.29 is 0 Å². The van der Waals surface area contributed by atoms with Gasteiger partial charge in [0.1, 0.15) is 0 Å². The Morgan fingerprint density at radius 3 is 1.55 bits per heavy atom. The van der Waals surface area contributed by atoms with Gasteiger partial charge in [-0.25, -0.2) is 0 Å². The molecule has 0 amide bonds. The molecule has 0 radical (unpaired) electrons. The molecule has 0 fully saturated rings. The first-order valence-corrected chi connectivity index (χ1v) is 14.9. The Morgan fingerprint density at radius 2 is 0.925 bits per heavy atom. The first-order valence-electron chi connectivity index (χ1n) is 13.2. The van der Waals surface area contributed by atoms with Gasteiger partial charge in [-0.3, -0.25) is 0 Å². The van der Waals surface area contributed by atoms with Crippen LogP contribution in [0, 0.1) is 11.3 Å².